The first kappa shape index (κ1) is 37.6. The quantitative estimate of drug-likeness (QED) is 0.188. The second kappa shape index (κ2) is 17.0. The molecule has 5 heteroatoms. The molecule has 0 bridgehead atoms. The molecule has 4 rings (SSSR count). The van der Waals surface area contributed by atoms with Crippen molar-refractivity contribution >= 4 is 44.1 Å². The largest absolute Gasteiger partial charge is 0.469 e. The molecule has 0 aromatic heterocycles. The van der Waals surface area contributed by atoms with Gasteiger partial charge in [-0.15, -0.1) is 0 Å². The predicted molar refractivity (Wildman–Crippen MR) is 179 cm³/mol. The minimum absolute atomic E-state index is 0. The van der Waals surface area contributed by atoms with Crippen LogP contribution >= 0.6 is 31.9 Å². The smallest absolute Gasteiger partial charge is 0.305 e. The molecule has 232 valence electrons. The molecule has 4 aliphatic rings. The molecule has 4 fully saturated rings. The minimum atomic E-state index is -0.0683. The Morgan fingerprint density at radius 1 is 0.875 bits per heavy atom. The van der Waals surface area contributed by atoms with E-state index >= 15 is 0 Å². The monoisotopic (exact) mass is 686 g/mol. The van der Waals surface area contributed by atoms with Crippen LogP contribution in [0.2, 0.25) is 0 Å². The Bertz CT molecular complexity index is 867. The lowest BCUT2D eigenvalue weighted by atomic mass is 9.61. The van der Waals surface area contributed by atoms with Crippen molar-refractivity contribution in [2.75, 3.05) is 7.11 Å². The summed E-state index contributed by atoms with van der Waals surface area (Å²) in [5.74, 6) is 4.33. The van der Waals surface area contributed by atoms with E-state index in [9.17, 15) is 9.59 Å². The van der Waals surface area contributed by atoms with E-state index in [1.807, 2.05) is 0 Å². The normalized spacial score (nSPS) is 36.2. The van der Waals surface area contributed by atoms with E-state index in [1.165, 1.54) is 71.3 Å². The van der Waals surface area contributed by atoms with Gasteiger partial charge in [-0.3, -0.25) is 4.79 Å². The standard InChI is InChI=1S/C17H27BrO2.C16H25BrO.2CH4/c1-12(6-9-16(19)20-3)14-7-8-15-13(11-18)5-4-10-17(14,15)2;1-12(5-4-10-18)14-7-8-15-13(11-17)6-3-9-16(14,15)2;;/h11-12,14-15H,4-10H2,1-3H3;10-12,14-15H,3-9H2,1-2H3;2*1H4/b2*13-11+;;/t12-,14-,15?,17-;12-,14-,15?,16-;;/m11../s1. The van der Waals surface area contributed by atoms with Crippen molar-refractivity contribution in [2.24, 2.45) is 46.3 Å². The Kier molecular flexibility index (Phi) is 16.0. The number of fused-ring (bicyclic) bond motifs is 2. The first-order valence-electron chi connectivity index (χ1n) is 15.2. The number of rotatable bonds is 8. The number of halogens is 2. The highest BCUT2D eigenvalue weighted by Crippen LogP contribution is 2.61. The van der Waals surface area contributed by atoms with Crippen molar-refractivity contribution in [1.82, 2.24) is 0 Å². The summed E-state index contributed by atoms with van der Waals surface area (Å²) in [6.45, 7) is 9.67. The van der Waals surface area contributed by atoms with Gasteiger partial charge in [-0.2, -0.15) is 0 Å². The van der Waals surface area contributed by atoms with Crippen LogP contribution in [0.4, 0.5) is 0 Å². The lowest BCUT2D eigenvalue weighted by molar-refractivity contribution is -0.141. The molecule has 0 amide bonds. The van der Waals surface area contributed by atoms with Gasteiger partial charge < -0.3 is 9.53 Å². The highest BCUT2D eigenvalue weighted by atomic mass is 79.9. The molecule has 0 aliphatic heterocycles. The van der Waals surface area contributed by atoms with E-state index in [0.29, 0.717) is 29.1 Å². The number of allylic oxidation sites excluding steroid dienone is 2. The summed E-state index contributed by atoms with van der Waals surface area (Å²) in [4.78, 5) is 26.3. The molecule has 4 saturated carbocycles. The third kappa shape index (κ3) is 8.14. The number of carbonyl (C=O) groups is 2. The van der Waals surface area contributed by atoms with Crippen LogP contribution in [0.1, 0.15) is 132 Å². The van der Waals surface area contributed by atoms with Gasteiger partial charge in [-0.05, 0) is 133 Å². The Hall–Kier alpha value is -0.420. The summed E-state index contributed by atoms with van der Waals surface area (Å²) in [6.07, 6.45) is 17.7. The van der Waals surface area contributed by atoms with Gasteiger partial charge in [0.1, 0.15) is 6.29 Å². The third-order valence-electron chi connectivity index (χ3n) is 11.5. The van der Waals surface area contributed by atoms with Crippen LogP contribution in [-0.4, -0.2) is 19.4 Å². The molecule has 4 aliphatic carbocycles. The van der Waals surface area contributed by atoms with Crippen LogP contribution < -0.4 is 0 Å². The van der Waals surface area contributed by atoms with Crippen LogP contribution in [0.5, 0.6) is 0 Å². The summed E-state index contributed by atoms with van der Waals surface area (Å²) in [6, 6.07) is 0. The number of ether oxygens (including phenoxy) is 1. The highest BCUT2D eigenvalue weighted by Gasteiger charge is 2.51. The van der Waals surface area contributed by atoms with E-state index in [2.05, 4.69) is 69.5 Å². The number of carbonyl (C=O) groups excluding carboxylic acids is 2. The van der Waals surface area contributed by atoms with E-state index in [1.54, 1.807) is 11.1 Å². The van der Waals surface area contributed by atoms with Crippen molar-refractivity contribution in [3.8, 4) is 0 Å². The molecule has 0 aromatic carbocycles. The SMILES string of the molecule is C.C.COC(=O)CC[C@@H](C)[C@H]1CCC2/C(=C/Br)CCC[C@@]21C.C[C@H](CCC=O)[C@H]1CCC2/C(=C/Br)CCC[C@@]21C. The Labute approximate surface area is 264 Å². The molecule has 0 radical (unpaired) electrons. The number of hydrogen-bond acceptors (Lipinski definition) is 3. The van der Waals surface area contributed by atoms with Crippen LogP contribution in [0, 0.1) is 46.3 Å². The average molecular weight is 689 g/mol. The summed E-state index contributed by atoms with van der Waals surface area (Å²) in [7, 11) is 1.48. The van der Waals surface area contributed by atoms with Crippen molar-refractivity contribution in [1.29, 1.82) is 0 Å². The van der Waals surface area contributed by atoms with E-state index in [-0.39, 0.29) is 20.8 Å². The van der Waals surface area contributed by atoms with Crippen molar-refractivity contribution in [2.45, 2.75) is 132 Å². The molecule has 0 saturated heterocycles. The van der Waals surface area contributed by atoms with Crippen molar-refractivity contribution < 1.29 is 14.3 Å². The van der Waals surface area contributed by atoms with Crippen LogP contribution in [0.25, 0.3) is 0 Å². The number of hydrogen-bond donors (Lipinski definition) is 0. The predicted octanol–water partition coefficient (Wildman–Crippen LogP) is 11.4. The van der Waals surface area contributed by atoms with Gasteiger partial charge in [0.15, 0.2) is 0 Å². The summed E-state index contributed by atoms with van der Waals surface area (Å²) < 4.78 is 4.78. The van der Waals surface area contributed by atoms with Gasteiger partial charge in [0.25, 0.3) is 0 Å². The van der Waals surface area contributed by atoms with Gasteiger partial charge in [-0.25, -0.2) is 0 Å². The average Bonchev–Trinajstić information content (AvgIpc) is 3.46. The zero-order valence-electron chi connectivity index (χ0n) is 24.6. The van der Waals surface area contributed by atoms with Crippen LogP contribution in [0.15, 0.2) is 21.1 Å². The zero-order valence-corrected chi connectivity index (χ0v) is 27.7. The lowest BCUT2D eigenvalue weighted by Crippen LogP contribution is -2.36. The molecule has 2 unspecified atom stereocenters. The molecule has 0 N–H and O–H groups in total. The Morgan fingerprint density at radius 2 is 1.32 bits per heavy atom. The molecular formula is C35H60Br2O3. The van der Waals surface area contributed by atoms with Crippen LogP contribution in [0.3, 0.4) is 0 Å². The Balaban J connectivity index is 0.000000383. The Morgan fingerprint density at radius 3 is 1.73 bits per heavy atom. The van der Waals surface area contributed by atoms with Gasteiger partial charge in [-0.1, -0.05) is 85.6 Å². The summed E-state index contributed by atoms with van der Waals surface area (Å²) >= 11 is 7.13. The third-order valence-corrected chi connectivity index (χ3v) is 12.7. The maximum absolute atomic E-state index is 11.4. The van der Waals surface area contributed by atoms with Gasteiger partial charge in [0, 0.05) is 12.8 Å². The first-order chi connectivity index (χ1) is 18.2. The molecule has 40 heavy (non-hydrogen) atoms. The molecule has 3 nitrogen and oxygen atoms in total. The molecule has 0 aromatic rings. The topological polar surface area (TPSA) is 43.4 Å². The zero-order chi connectivity index (χ0) is 27.9. The van der Waals surface area contributed by atoms with Crippen molar-refractivity contribution in [3.05, 3.63) is 21.1 Å². The summed E-state index contributed by atoms with van der Waals surface area (Å²) in [5, 5.41) is 0. The number of methoxy groups -OCH3 is 1. The highest BCUT2D eigenvalue weighted by molar-refractivity contribution is 9.11. The van der Waals surface area contributed by atoms with Crippen LogP contribution in [-0.2, 0) is 14.3 Å². The summed E-state index contributed by atoms with van der Waals surface area (Å²) in [5.41, 5.74) is 4.17. The first-order valence-corrected chi connectivity index (χ1v) is 17.1. The van der Waals surface area contributed by atoms with Gasteiger partial charge >= 0.3 is 5.97 Å². The van der Waals surface area contributed by atoms with E-state index in [4.69, 9.17) is 4.74 Å². The van der Waals surface area contributed by atoms with E-state index in [0.717, 1.165) is 49.2 Å². The fourth-order valence-corrected chi connectivity index (χ4v) is 10.6. The molecule has 8 atom stereocenters. The van der Waals surface area contributed by atoms with Gasteiger partial charge in [0.05, 0.1) is 7.11 Å². The molecule has 0 spiro atoms. The second-order valence-corrected chi connectivity index (χ2v) is 14.3. The fourth-order valence-electron chi connectivity index (χ4n) is 9.47. The van der Waals surface area contributed by atoms with Crippen molar-refractivity contribution in [3.63, 3.8) is 0 Å². The van der Waals surface area contributed by atoms with E-state index < -0.39 is 0 Å². The lowest BCUT2D eigenvalue weighted by Gasteiger charge is -2.44. The van der Waals surface area contributed by atoms with Gasteiger partial charge in [0.2, 0.25) is 0 Å². The molecular weight excluding hydrogens is 628 g/mol. The number of esters is 1. The molecule has 0 heterocycles. The maximum atomic E-state index is 11.4. The fraction of sp³-hybridized carbons (Fsp3) is 0.829. The number of aldehydes is 1. The minimum Gasteiger partial charge on any atom is -0.469 e. The second-order valence-electron chi connectivity index (χ2n) is 13.4. The maximum Gasteiger partial charge on any atom is 0.305 e.